The first-order valence-corrected chi connectivity index (χ1v) is 7.18. The minimum Gasteiger partial charge on any atom is -0.508 e. The third-order valence-corrected chi connectivity index (χ3v) is 3.73. The maximum Gasteiger partial charge on any atom is 0.298 e. The molecule has 0 amide bonds. The Bertz CT molecular complexity index is 1160. The van der Waals surface area contributed by atoms with Gasteiger partial charge < -0.3 is 15.2 Å². The second-order valence-electron chi connectivity index (χ2n) is 5.28. The van der Waals surface area contributed by atoms with Gasteiger partial charge in [0.25, 0.3) is 5.56 Å². The van der Waals surface area contributed by atoms with Crippen molar-refractivity contribution in [2.75, 3.05) is 0 Å². The lowest BCUT2D eigenvalue weighted by Gasteiger charge is -2.00. The van der Waals surface area contributed by atoms with Gasteiger partial charge >= 0.3 is 0 Å². The first-order chi connectivity index (χ1) is 11.6. The number of aromatic amines is 1. The standard InChI is InChI=1S/C17H12N4O3/c22-11-6-5-10(14(23)7-11)8-19-21-9-18-15-12-3-1-2-4-13(12)20-16(15)17(21)24/h1-9,20,22-23H/b19-8+. The number of benzene rings is 2. The van der Waals surface area contributed by atoms with Crippen molar-refractivity contribution in [1.82, 2.24) is 14.6 Å². The van der Waals surface area contributed by atoms with Crippen LogP contribution in [-0.2, 0) is 0 Å². The summed E-state index contributed by atoms with van der Waals surface area (Å²) in [5.74, 6) is -0.186. The molecule has 4 rings (SSSR count). The summed E-state index contributed by atoms with van der Waals surface area (Å²) >= 11 is 0. The van der Waals surface area contributed by atoms with Crippen molar-refractivity contribution in [2.24, 2.45) is 5.10 Å². The molecule has 0 aliphatic heterocycles. The van der Waals surface area contributed by atoms with Gasteiger partial charge in [-0.3, -0.25) is 4.79 Å². The van der Waals surface area contributed by atoms with Crippen LogP contribution in [0.1, 0.15) is 5.56 Å². The Hall–Kier alpha value is -3.61. The fourth-order valence-corrected chi connectivity index (χ4v) is 2.54. The molecule has 0 aliphatic carbocycles. The van der Waals surface area contributed by atoms with Crippen molar-refractivity contribution < 1.29 is 10.2 Å². The second kappa shape index (κ2) is 5.24. The first kappa shape index (κ1) is 14.0. The van der Waals surface area contributed by atoms with Gasteiger partial charge in [-0.05, 0) is 18.2 Å². The van der Waals surface area contributed by atoms with E-state index in [9.17, 15) is 15.0 Å². The van der Waals surface area contributed by atoms with Crippen LogP contribution in [0.5, 0.6) is 11.5 Å². The molecule has 24 heavy (non-hydrogen) atoms. The van der Waals surface area contributed by atoms with E-state index >= 15 is 0 Å². The molecule has 0 atom stereocenters. The van der Waals surface area contributed by atoms with Crippen molar-refractivity contribution in [3.05, 3.63) is 64.7 Å². The van der Waals surface area contributed by atoms with Gasteiger partial charge in [-0.25, -0.2) is 4.98 Å². The van der Waals surface area contributed by atoms with Crippen molar-refractivity contribution in [3.63, 3.8) is 0 Å². The van der Waals surface area contributed by atoms with Gasteiger partial charge in [-0.15, -0.1) is 0 Å². The maximum absolute atomic E-state index is 12.5. The van der Waals surface area contributed by atoms with E-state index in [0.29, 0.717) is 16.6 Å². The zero-order valence-electron chi connectivity index (χ0n) is 12.3. The second-order valence-corrected chi connectivity index (χ2v) is 5.28. The quantitative estimate of drug-likeness (QED) is 0.492. The van der Waals surface area contributed by atoms with Crippen LogP contribution in [0.15, 0.2) is 58.7 Å². The molecule has 2 aromatic heterocycles. The summed E-state index contributed by atoms with van der Waals surface area (Å²) in [4.78, 5) is 19.9. The molecule has 7 heteroatoms. The maximum atomic E-state index is 12.5. The number of aromatic nitrogens is 3. The lowest BCUT2D eigenvalue weighted by atomic mass is 10.2. The highest BCUT2D eigenvalue weighted by Crippen LogP contribution is 2.22. The molecule has 0 fully saturated rings. The van der Waals surface area contributed by atoms with Gasteiger partial charge in [0.1, 0.15) is 28.9 Å². The largest absolute Gasteiger partial charge is 0.508 e. The monoisotopic (exact) mass is 320 g/mol. The number of phenols is 2. The number of nitrogens with zero attached hydrogens (tertiary/aromatic N) is 3. The Kier molecular flexibility index (Phi) is 3.06. The predicted molar refractivity (Wildman–Crippen MR) is 90.6 cm³/mol. The Labute approximate surface area is 135 Å². The van der Waals surface area contributed by atoms with Gasteiger partial charge in [0, 0.05) is 22.5 Å². The number of H-pyrrole nitrogens is 1. The van der Waals surface area contributed by atoms with E-state index in [1.807, 2.05) is 24.3 Å². The van der Waals surface area contributed by atoms with Gasteiger partial charge in [0.15, 0.2) is 0 Å². The van der Waals surface area contributed by atoms with E-state index in [1.54, 1.807) is 0 Å². The predicted octanol–water partition coefficient (Wildman–Crippen LogP) is 2.17. The topological polar surface area (TPSA) is 104 Å². The molecule has 7 nitrogen and oxygen atoms in total. The number of fused-ring (bicyclic) bond motifs is 3. The Balaban J connectivity index is 1.82. The molecule has 2 heterocycles. The third kappa shape index (κ3) is 2.19. The molecule has 0 saturated carbocycles. The lowest BCUT2D eigenvalue weighted by Crippen LogP contribution is -2.17. The van der Waals surface area contributed by atoms with Gasteiger partial charge in [0.2, 0.25) is 0 Å². The summed E-state index contributed by atoms with van der Waals surface area (Å²) in [6, 6.07) is 11.6. The molecular weight excluding hydrogens is 308 g/mol. The normalized spacial score (nSPS) is 11.7. The van der Waals surface area contributed by atoms with E-state index in [4.69, 9.17) is 0 Å². The molecule has 0 aliphatic rings. The molecule has 118 valence electrons. The van der Waals surface area contributed by atoms with Crippen LogP contribution in [0, 0.1) is 0 Å². The van der Waals surface area contributed by atoms with E-state index in [0.717, 1.165) is 15.6 Å². The number of aromatic hydroxyl groups is 2. The molecular formula is C17H12N4O3. The number of hydrogen-bond donors (Lipinski definition) is 3. The van der Waals surface area contributed by atoms with E-state index < -0.39 is 0 Å². The average Bonchev–Trinajstić information content (AvgIpc) is 2.95. The number of phenolic OH excluding ortho intramolecular Hbond substituents is 2. The van der Waals surface area contributed by atoms with Crippen LogP contribution in [0.4, 0.5) is 0 Å². The summed E-state index contributed by atoms with van der Waals surface area (Å²) < 4.78 is 1.09. The minimum atomic E-state index is -0.342. The van der Waals surface area contributed by atoms with Crippen LogP contribution < -0.4 is 5.56 Å². The van der Waals surface area contributed by atoms with Crippen LogP contribution in [-0.4, -0.2) is 31.1 Å². The summed E-state index contributed by atoms with van der Waals surface area (Å²) in [5.41, 5.74) is 1.82. The van der Waals surface area contributed by atoms with Crippen molar-refractivity contribution in [3.8, 4) is 11.5 Å². The van der Waals surface area contributed by atoms with E-state index in [2.05, 4.69) is 15.1 Å². The average molecular weight is 320 g/mol. The molecule has 0 spiro atoms. The fraction of sp³-hybridized carbons (Fsp3) is 0. The van der Waals surface area contributed by atoms with Crippen molar-refractivity contribution >= 4 is 28.2 Å². The Morgan fingerprint density at radius 3 is 2.83 bits per heavy atom. The van der Waals surface area contributed by atoms with E-state index in [-0.39, 0.29) is 17.1 Å². The fourth-order valence-electron chi connectivity index (χ4n) is 2.54. The van der Waals surface area contributed by atoms with Crippen LogP contribution in [0.2, 0.25) is 0 Å². The molecule has 3 N–H and O–H groups in total. The highest BCUT2D eigenvalue weighted by Gasteiger charge is 2.10. The lowest BCUT2D eigenvalue weighted by molar-refractivity contribution is 0.450. The van der Waals surface area contributed by atoms with Gasteiger partial charge in [-0.1, -0.05) is 18.2 Å². The molecule has 2 aromatic carbocycles. The van der Waals surface area contributed by atoms with Gasteiger partial charge in [0.05, 0.1) is 6.21 Å². The zero-order valence-corrected chi connectivity index (χ0v) is 12.3. The van der Waals surface area contributed by atoms with Gasteiger partial charge in [-0.2, -0.15) is 9.78 Å². The Morgan fingerprint density at radius 2 is 2.00 bits per heavy atom. The number of nitrogens with one attached hydrogen (secondary N) is 1. The first-order valence-electron chi connectivity index (χ1n) is 7.18. The zero-order chi connectivity index (χ0) is 16.7. The number of rotatable bonds is 2. The highest BCUT2D eigenvalue weighted by atomic mass is 16.3. The van der Waals surface area contributed by atoms with Crippen LogP contribution >= 0.6 is 0 Å². The highest BCUT2D eigenvalue weighted by molar-refractivity contribution is 6.04. The molecule has 0 radical (unpaired) electrons. The van der Waals surface area contributed by atoms with Crippen molar-refractivity contribution in [1.29, 1.82) is 0 Å². The summed E-state index contributed by atoms with van der Waals surface area (Å²) in [6.07, 6.45) is 2.66. The third-order valence-electron chi connectivity index (χ3n) is 3.73. The minimum absolute atomic E-state index is 0.0528. The number of para-hydroxylation sites is 1. The summed E-state index contributed by atoms with van der Waals surface area (Å²) in [6.45, 7) is 0. The van der Waals surface area contributed by atoms with Crippen LogP contribution in [0.25, 0.3) is 21.9 Å². The summed E-state index contributed by atoms with van der Waals surface area (Å²) in [7, 11) is 0. The molecule has 4 aromatic rings. The number of hydrogen-bond acceptors (Lipinski definition) is 5. The van der Waals surface area contributed by atoms with Crippen LogP contribution in [0.3, 0.4) is 0 Å². The molecule has 0 saturated heterocycles. The summed E-state index contributed by atoms with van der Waals surface area (Å²) in [5, 5.41) is 23.9. The SMILES string of the molecule is O=c1c2[nH]c3ccccc3c2ncn1/N=C/c1ccc(O)cc1O. The van der Waals surface area contributed by atoms with E-state index in [1.165, 1.54) is 30.7 Å². The van der Waals surface area contributed by atoms with Crippen molar-refractivity contribution in [2.45, 2.75) is 0 Å². The Morgan fingerprint density at radius 1 is 1.17 bits per heavy atom. The molecule has 0 unspecified atom stereocenters. The smallest absolute Gasteiger partial charge is 0.298 e. The molecule has 0 bridgehead atoms.